The minimum atomic E-state index is -0.884. The molecule has 1 rings (SSSR count). The Balaban J connectivity index is 3.35. The van der Waals surface area contributed by atoms with Crippen molar-refractivity contribution in [3.05, 3.63) is 46.0 Å². The molecule has 1 aromatic rings. The summed E-state index contributed by atoms with van der Waals surface area (Å²) in [5, 5.41) is 0. The van der Waals surface area contributed by atoms with Crippen LogP contribution in [0.4, 0.5) is 8.78 Å². The fourth-order valence-electron chi connectivity index (χ4n) is 0.973. The van der Waals surface area contributed by atoms with Crippen LogP contribution in [0.1, 0.15) is 17.3 Å². The van der Waals surface area contributed by atoms with Crippen molar-refractivity contribution >= 4 is 21.7 Å². The van der Waals surface area contributed by atoms with Gasteiger partial charge in [-0.15, -0.1) is 0 Å². The lowest BCUT2D eigenvalue weighted by Gasteiger charge is -2.03. The Morgan fingerprint density at radius 3 is 2.14 bits per heavy atom. The minimum absolute atomic E-state index is 0.102. The Morgan fingerprint density at radius 1 is 1.36 bits per heavy atom. The van der Waals surface area contributed by atoms with Gasteiger partial charge in [0.25, 0.3) is 0 Å². The number of hydrogen-bond donors (Lipinski definition) is 0. The molecule has 0 N–H and O–H groups in total. The lowest BCUT2D eigenvalue weighted by molar-refractivity contribution is 0.102. The number of hydrogen-bond acceptors (Lipinski definition) is 1. The number of carbonyl (C=O) groups is 1. The Bertz CT molecular complexity index is 390. The average Bonchev–Trinajstić information content (AvgIpc) is 2.01. The molecular weight excluding hydrogens is 254 g/mol. The molecule has 1 nitrogen and oxygen atoms in total. The number of halogens is 3. The molecule has 14 heavy (non-hydrogen) atoms. The molecule has 0 aliphatic heterocycles. The summed E-state index contributed by atoms with van der Waals surface area (Å²) in [6, 6.07) is 2.08. The molecule has 0 radical (unpaired) electrons. The zero-order chi connectivity index (χ0) is 10.9. The van der Waals surface area contributed by atoms with Gasteiger partial charge in [0, 0.05) is 4.47 Å². The SMILES string of the molecule is C=C(C)C(=O)c1c(F)cc(Br)cc1F. The molecule has 1 aromatic carbocycles. The number of Topliss-reactive ketones (excluding diaryl/α,β-unsaturated/α-hetero) is 1. The Kier molecular flexibility index (Phi) is 3.16. The lowest BCUT2D eigenvalue weighted by atomic mass is 10.1. The van der Waals surface area contributed by atoms with E-state index < -0.39 is 23.0 Å². The third-order valence-corrected chi connectivity index (χ3v) is 2.08. The van der Waals surface area contributed by atoms with E-state index in [0.717, 1.165) is 12.1 Å². The average molecular weight is 261 g/mol. The highest BCUT2D eigenvalue weighted by atomic mass is 79.9. The number of carbonyl (C=O) groups excluding carboxylic acids is 1. The molecule has 0 aliphatic rings. The van der Waals surface area contributed by atoms with Crippen LogP contribution in [-0.2, 0) is 0 Å². The van der Waals surface area contributed by atoms with Crippen LogP contribution < -0.4 is 0 Å². The first-order valence-corrected chi connectivity index (χ1v) is 4.57. The van der Waals surface area contributed by atoms with Crippen LogP contribution in [0.15, 0.2) is 28.8 Å². The van der Waals surface area contributed by atoms with Crippen LogP contribution in [0.3, 0.4) is 0 Å². The van der Waals surface area contributed by atoms with Gasteiger partial charge in [-0.1, -0.05) is 22.5 Å². The van der Waals surface area contributed by atoms with E-state index in [1.165, 1.54) is 6.92 Å². The predicted molar refractivity (Wildman–Crippen MR) is 53.2 cm³/mol. The van der Waals surface area contributed by atoms with Crippen molar-refractivity contribution < 1.29 is 13.6 Å². The maximum Gasteiger partial charge on any atom is 0.194 e. The van der Waals surface area contributed by atoms with E-state index in [1.54, 1.807) is 0 Å². The molecule has 0 fully saturated rings. The van der Waals surface area contributed by atoms with Crippen molar-refractivity contribution in [3.63, 3.8) is 0 Å². The van der Waals surface area contributed by atoms with Gasteiger partial charge in [-0.05, 0) is 24.6 Å². The Labute approximate surface area is 88.6 Å². The van der Waals surface area contributed by atoms with Crippen molar-refractivity contribution in [1.29, 1.82) is 0 Å². The van der Waals surface area contributed by atoms with Gasteiger partial charge >= 0.3 is 0 Å². The highest BCUT2D eigenvalue weighted by molar-refractivity contribution is 9.10. The summed E-state index contributed by atoms with van der Waals surface area (Å²) < 4.78 is 26.6. The van der Waals surface area contributed by atoms with Crippen molar-refractivity contribution in [2.45, 2.75) is 6.92 Å². The van der Waals surface area contributed by atoms with Crippen LogP contribution in [0.5, 0.6) is 0 Å². The fourth-order valence-corrected chi connectivity index (χ4v) is 1.37. The van der Waals surface area contributed by atoms with Crippen LogP contribution in [0.2, 0.25) is 0 Å². The monoisotopic (exact) mass is 260 g/mol. The molecule has 0 saturated heterocycles. The molecule has 0 bridgehead atoms. The number of benzene rings is 1. The zero-order valence-corrected chi connectivity index (χ0v) is 8.99. The second kappa shape index (κ2) is 4.00. The number of ketones is 1. The van der Waals surface area contributed by atoms with E-state index in [4.69, 9.17) is 0 Å². The van der Waals surface area contributed by atoms with Crippen LogP contribution in [0.25, 0.3) is 0 Å². The van der Waals surface area contributed by atoms with Gasteiger partial charge in [-0.2, -0.15) is 0 Å². The first-order chi connectivity index (χ1) is 6.43. The van der Waals surface area contributed by atoms with E-state index in [0.29, 0.717) is 0 Å². The third kappa shape index (κ3) is 2.07. The van der Waals surface area contributed by atoms with E-state index in [9.17, 15) is 13.6 Å². The molecular formula is C10H7BrF2O. The van der Waals surface area contributed by atoms with E-state index in [1.807, 2.05) is 0 Å². The van der Waals surface area contributed by atoms with Gasteiger partial charge in [0.1, 0.15) is 11.6 Å². The van der Waals surface area contributed by atoms with Gasteiger partial charge in [0.05, 0.1) is 5.56 Å². The summed E-state index contributed by atoms with van der Waals surface area (Å²) in [6.45, 7) is 4.75. The second-order valence-electron chi connectivity index (χ2n) is 2.85. The Hall–Kier alpha value is -1.03. The van der Waals surface area contributed by atoms with Gasteiger partial charge in [-0.3, -0.25) is 4.79 Å². The molecule has 0 atom stereocenters. The van der Waals surface area contributed by atoms with Crippen LogP contribution in [-0.4, -0.2) is 5.78 Å². The molecule has 0 aromatic heterocycles. The van der Waals surface area contributed by atoms with Gasteiger partial charge in [0.15, 0.2) is 5.78 Å². The molecule has 0 amide bonds. The largest absolute Gasteiger partial charge is 0.289 e. The summed E-state index contributed by atoms with van der Waals surface area (Å²) in [7, 11) is 0. The normalized spacial score (nSPS) is 10.0. The fraction of sp³-hybridized carbons (Fsp3) is 0.100. The van der Waals surface area contributed by atoms with Crippen molar-refractivity contribution in [2.24, 2.45) is 0 Å². The van der Waals surface area contributed by atoms with E-state index in [-0.39, 0.29) is 10.0 Å². The second-order valence-corrected chi connectivity index (χ2v) is 3.77. The highest BCUT2D eigenvalue weighted by Crippen LogP contribution is 2.21. The van der Waals surface area contributed by atoms with Gasteiger partial charge in [-0.25, -0.2) is 8.78 Å². The topological polar surface area (TPSA) is 17.1 Å². The summed E-state index contributed by atoms with van der Waals surface area (Å²) in [6.07, 6.45) is 0. The third-order valence-electron chi connectivity index (χ3n) is 1.62. The molecule has 0 heterocycles. The van der Waals surface area contributed by atoms with Gasteiger partial charge in [0.2, 0.25) is 0 Å². The lowest BCUT2D eigenvalue weighted by Crippen LogP contribution is -2.06. The van der Waals surface area contributed by atoms with Crippen molar-refractivity contribution in [2.75, 3.05) is 0 Å². The first-order valence-electron chi connectivity index (χ1n) is 3.78. The molecule has 0 spiro atoms. The first kappa shape index (κ1) is 11.0. The summed E-state index contributed by atoms with van der Waals surface area (Å²) >= 11 is 2.92. The quantitative estimate of drug-likeness (QED) is 0.588. The van der Waals surface area contributed by atoms with E-state index in [2.05, 4.69) is 22.5 Å². The predicted octanol–water partition coefficient (Wildman–Crippen LogP) is 3.49. The molecule has 74 valence electrons. The molecule has 0 aliphatic carbocycles. The highest BCUT2D eigenvalue weighted by Gasteiger charge is 2.18. The number of rotatable bonds is 2. The summed E-state index contributed by atoms with van der Waals surface area (Å²) in [5.41, 5.74) is -0.453. The summed E-state index contributed by atoms with van der Waals surface area (Å²) in [5.74, 6) is -2.48. The molecule has 0 saturated carbocycles. The standard InChI is InChI=1S/C10H7BrF2O/c1-5(2)10(14)9-7(12)3-6(11)4-8(9)13/h3-4H,1H2,2H3. The smallest absolute Gasteiger partial charge is 0.194 e. The maximum atomic E-state index is 13.2. The summed E-state index contributed by atoms with van der Waals surface area (Å²) in [4.78, 5) is 11.3. The maximum absolute atomic E-state index is 13.2. The molecule has 0 unspecified atom stereocenters. The number of allylic oxidation sites excluding steroid dienone is 1. The minimum Gasteiger partial charge on any atom is -0.289 e. The zero-order valence-electron chi connectivity index (χ0n) is 7.40. The van der Waals surface area contributed by atoms with Crippen LogP contribution >= 0.6 is 15.9 Å². The molecule has 4 heteroatoms. The van der Waals surface area contributed by atoms with Crippen LogP contribution in [0, 0.1) is 11.6 Å². The van der Waals surface area contributed by atoms with Gasteiger partial charge < -0.3 is 0 Å². The Morgan fingerprint density at radius 2 is 1.79 bits per heavy atom. The van der Waals surface area contributed by atoms with Crippen molar-refractivity contribution in [3.8, 4) is 0 Å². The van der Waals surface area contributed by atoms with E-state index >= 15 is 0 Å². The van der Waals surface area contributed by atoms with Crippen molar-refractivity contribution in [1.82, 2.24) is 0 Å².